The molecule has 3 aromatic rings. The van der Waals surface area contributed by atoms with E-state index in [1.54, 1.807) is 6.20 Å². The zero-order chi connectivity index (χ0) is 20.6. The van der Waals surface area contributed by atoms with Crippen LogP contribution in [0.15, 0.2) is 35.3 Å². The molecule has 0 saturated carbocycles. The first-order valence-corrected chi connectivity index (χ1v) is 9.29. The Morgan fingerprint density at radius 3 is 2.61 bits per heavy atom. The molecule has 0 unspecified atom stereocenters. The first-order chi connectivity index (χ1) is 13.1. The van der Waals surface area contributed by atoms with E-state index >= 15 is 0 Å². The molecule has 2 heterocycles. The van der Waals surface area contributed by atoms with Crippen LogP contribution in [-0.2, 0) is 11.2 Å². The number of fused-ring (bicyclic) bond motifs is 1. The van der Waals surface area contributed by atoms with Gasteiger partial charge in [0.05, 0.1) is 11.2 Å². The van der Waals surface area contributed by atoms with Gasteiger partial charge in [0, 0.05) is 17.1 Å². The van der Waals surface area contributed by atoms with Gasteiger partial charge in [-0.3, -0.25) is 9.36 Å². The van der Waals surface area contributed by atoms with Crippen LogP contribution in [0.4, 0.5) is 10.6 Å². The molecule has 3 N–H and O–H groups in total. The number of hydrogen-bond acceptors (Lipinski definition) is 5. The van der Waals surface area contributed by atoms with Crippen LogP contribution < -0.4 is 11.3 Å². The molecule has 0 atom stereocenters. The lowest BCUT2D eigenvalue weighted by Gasteiger charge is -2.19. The number of carbonyl (C=O) groups excluding carboxylic acids is 1. The van der Waals surface area contributed by atoms with E-state index in [0.717, 1.165) is 5.39 Å². The molecule has 148 valence electrons. The van der Waals surface area contributed by atoms with Crippen LogP contribution in [0.2, 0.25) is 0 Å². The Hall–Kier alpha value is -3.09. The molecular weight excluding hydrogens is 356 g/mol. The first kappa shape index (κ1) is 19.7. The summed E-state index contributed by atoms with van der Waals surface area (Å²) in [5.41, 5.74) is 7.37. The molecule has 0 aliphatic heterocycles. The van der Waals surface area contributed by atoms with Crippen LogP contribution in [0.3, 0.4) is 0 Å². The molecule has 1 aromatic carbocycles. The smallest absolute Gasteiger partial charge is 0.419 e. The Morgan fingerprint density at radius 1 is 1.29 bits per heavy atom. The molecule has 2 aromatic heterocycles. The van der Waals surface area contributed by atoms with Gasteiger partial charge in [0.15, 0.2) is 0 Å². The molecule has 0 bridgehead atoms. The van der Waals surface area contributed by atoms with E-state index in [0.29, 0.717) is 28.9 Å². The third-order valence-corrected chi connectivity index (χ3v) is 4.19. The van der Waals surface area contributed by atoms with Crippen molar-refractivity contribution in [3.05, 3.63) is 46.5 Å². The number of nitrogens with zero attached hydrogens (tertiary/aromatic N) is 2. The molecule has 0 spiro atoms. The summed E-state index contributed by atoms with van der Waals surface area (Å²) in [6.45, 7) is 9.46. The standard InChI is InChI=1S/C21H26N4O3/c1-12(2)10-15-19(26)24-17(18(22)23-15)14-11-25(20(27)28-21(3,4)5)16-9-7-6-8-13(14)16/h6-9,11-12H,10H2,1-5H3,(H2,22,23)(H,24,26). The summed E-state index contributed by atoms with van der Waals surface area (Å²) in [6.07, 6.45) is 1.67. The topological polar surface area (TPSA) is 103 Å². The monoisotopic (exact) mass is 382 g/mol. The average molecular weight is 382 g/mol. The minimum atomic E-state index is -0.629. The number of nitrogens with two attached hydrogens (primary N) is 1. The number of hydrogen-bond donors (Lipinski definition) is 2. The second kappa shape index (κ2) is 7.14. The number of ether oxygens (including phenoxy) is 1. The Kier molecular flexibility index (Phi) is 5.02. The van der Waals surface area contributed by atoms with E-state index < -0.39 is 11.7 Å². The third kappa shape index (κ3) is 3.93. The van der Waals surface area contributed by atoms with E-state index in [2.05, 4.69) is 9.97 Å². The van der Waals surface area contributed by atoms with Crippen LogP contribution in [0, 0.1) is 5.92 Å². The van der Waals surface area contributed by atoms with Crippen LogP contribution >= 0.6 is 0 Å². The predicted molar refractivity (Wildman–Crippen MR) is 110 cm³/mol. The molecular formula is C21H26N4O3. The zero-order valence-electron chi connectivity index (χ0n) is 16.9. The van der Waals surface area contributed by atoms with Crippen molar-refractivity contribution < 1.29 is 9.53 Å². The SMILES string of the molecule is CC(C)Cc1nc(N)c(-c2cn(C(=O)OC(C)(C)C)c3ccccc23)[nH]c1=O. The highest BCUT2D eigenvalue weighted by Gasteiger charge is 2.22. The Morgan fingerprint density at radius 2 is 1.96 bits per heavy atom. The summed E-state index contributed by atoms with van der Waals surface area (Å²) in [6, 6.07) is 7.38. The summed E-state index contributed by atoms with van der Waals surface area (Å²) in [7, 11) is 0. The number of H-pyrrole nitrogens is 1. The molecule has 0 amide bonds. The van der Waals surface area contributed by atoms with Crippen molar-refractivity contribution >= 4 is 22.8 Å². The fourth-order valence-corrected chi connectivity index (χ4v) is 3.07. The third-order valence-electron chi connectivity index (χ3n) is 4.19. The summed E-state index contributed by atoms with van der Waals surface area (Å²) in [5, 5.41) is 0.772. The van der Waals surface area contributed by atoms with Gasteiger partial charge in [0.25, 0.3) is 5.56 Å². The van der Waals surface area contributed by atoms with Gasteiger partial charge in [-0.2, -0.15) is 0 Å². The molecule has 7 nitrogen and oxygen atoms in total. The van der Waals surface area contributed by atoms with Crippen molar-refractivity contribution in [1.82, 2.24) is 14.5 Å². The quantitative estimate of drug-likeness (QED) is 0.714. The number of nitrogens with one attached hydrogen (secondary N) is 1. The van der Waals surface area contributed by atoms with E-state index in [1.165, 1.54) is 4.57 Å². The van der Waals surface area contributed by atoms with Crippen molar-refractivity contribution in [1.29, 1.82) is 0 Å². The number of para-hydroxylation sites is 1. The lowest BCUT2D eigenvalue weighted by molar-refractivity contribution is 0.0544. The summed E-state index contributed by atoms with van der Waals surface area (Å²) in [4.78, 5) is 32.3. The normalized spacial score (nSPS) is 11.9. The molecule has 7 heteroatoms. The van der Waals surface area contributed by atoms with Crippen molar-refractivity contribution in [2.45, 2.75) is 46.6 Å². The fraction of sp³-hybridized carbons (Fsp3) is 0.381. The highest BCUT2D eigenvalue weighted by Crippen LogP contribution is 2.32. The van der Waals surface area contributed by atoms with Gasteiger partial charge < -0.3 is 15.5 Å². The van der Waals surface area contributed by atoms with Crippen LogP contribution in [0.1, 0.15) is 40.3 Å². The van der Waals surface area contributed by atoms with Crippen LogP contribution in [0.25, 0.3) is 22.2 Å². The first-order valence-electron chi connectivity index (χ1n) is 9.29. The van der Waals surface area contributed by atoms with E-state index in [9.17, 15) is 9.59 Å². The number of nitrogen functional groups attached to an aromatic ring is 1. The average Bonchev–Trinajstić information content (AvgIpc) is 2.95. The number of rotatable bonds is 3. The van der Waals surface area contributed by atoms with E-state index in [1.807, 2.05) is 58.9 Å². The molecule has 3 rings (SSSR count). The van der Waals surface area contributed by atoms with Crippen molar-refractivity contribution in [2.75, 3.05) is 5.73 Å². The van der Waals surface area contributed by atoms with Crippen molar-refractivity contribution in [2.24, 2.45) is 5.92 Å². The maximum Gasteiger partial charge on any atom is 0.419 e. The number of carbonyl (C=O) groups is 1. The Bertz CT molecular complexity index is 1090. The zero-order valence-corrected chi connectivity index (χ0v) is 16.9. The minimum Gasteiger partial charge on any atom is -0.443 e. The molecule has 0 saturated heterocycles. The van der Waals surface area contributed by atoms with Gasteiger partial charge in [0.1, 0.15) is 17.1 Å². The molecule has 28 heavy (non-hydrogen) atoms. The second-order valence-corrected chi connectivity index (χ2v) is 8.28. The maximum absolute atomic E-state index is 12.7. The van der Waals surface area contributed by atoms with Gasteiger partial charge in [0.2, 0.25) is 0 Å². The van der Waals surface area contributed by atoms with E-state index in [4.69, 9.17) is 10.5 Å². The molecule has 0 aliphatic rings. The number of anilines is 1. The number of aromatic amines is 1. The minimum absolute atomic E-state index is 0.224. The van der Waals surface area contributed by atoms with Crippen molar-refractivity contribution in [3.8, 4) is 11.3 Å². The summed E-state index contributed by atoms with van der Waals surface area (Å²) >= 11 is 0. The lowest BCUT2D eigenvalue weighted by atomic mass is 10.1. The maximum atomic E-state index is 12.7. The summed E-state index contributed by atoms with van der Waals surface area (Å²) in [5.74, 6) is 0.510. The van der Waals surface area contributed by atoms with Crippen LogP contribution in [-0.4, -0.2) is 26.2 Å². The summed E-state index contributed by atoms with van der Waals surface area (Å²) < 4.78 is 6.93. The van der Waals surface area contributed by atoms with E-state index in [-0.39, 0.29) is 17.3 Å². The van der Waals surface area contributed by atoms with Gasteiger partial charge in [-0.15, -0.1) is 0 Å². The second-order valence-electron chi connectivity index (χ2n) is 8.28. The molecule has 0 radical (unpaired) electrons. The predicted octanol–water partition coefficient (Wildman–Crippen LogP) is 3.96. The highest BCUT2D eigenvalue weighted by atomic mass is 16.6. The number of aromatic nitrogens is 3. The highest BCUT2D eigenvalue weighted by molar-refractivity contribution is 6.01. The fourth-order valence-electron chi connectivity index (χ4n) is 3.07. The molecule has 0 fully saturated rings. The largest absolute Gasteiger partial charge is 0.443 e. The van der Waals surface area contributed by atoms with Crippen molar-refractivity contribution in [3.63, 3.8) is 0 Å². The van der Waals surface area contributed by atoms with Gasteiger partial charge in [-0.25, -0.2) is 9.78 Å². The van der Waals surface area contributed by atoms with Gasteiger partial charge in [-0.05, 0) is 39.2 Å². The number of benzene rings is 1. The Balaban J connectivity index is 2.16. The van der Waals surface area contributed by atoms with Gasteiger partial charge >= 0.3 is 6.09 Å². The molecule has 0 aliphatic carbocycles. The lowest BCUT2D eigenvalue weighted by Crippen LogP contribution is -2.26. The van der Waals surface area contributed by atoms with Crippen LogP contribution in [0.5, 0.6) is 0 Å². The van der Waals surface area contributed by atoms with Gasteiger partial charge in [-0.1, -0.05) is 32.0 Å². The Labute approximate surface area is 163 Å².